The molecule has 0 spiro atoms. The first-order valence-electron chi connectivity index (χ1n) is 10.7. The summed E-state index contributed by atoms with van der Waals surface area (Å²) in [5.41, 5.74) is 2.08. The third-order valence-electron chi connectivity index (χ3n) is 6.09. The number of halogens is 2. The molecular weight excluding hydrogens is 448 g/mol. The van der Waals surface area contributed by atoms with Crippen molar-refractivity contribution in [3.8, 4) is 0 Å². The number of hydrogen-bond acceptors (Lipinski definition) is 6. The Morgan fingerprint density at radius 2 is 1.74 bits per heavy atom. The molecule has 1 saturated heterocycles. The smallest absolute Gasteiger partial charge is 0.295 e. The molecule has 0 aliphatic carbocycles. The minimum atomic E-state index is -1.12. The Balaban J connectivity index is 1.30. The normalized spacial score (nSPS) is 18.8. The lowest BCUT2D eigenvalue weighted by molar-refractivity contribution is -0.122. The molecule has 0 unspecified atom stereocenters. The van der Waals surface area contributed by atoms with Crippen LogP contribution >= 0.6 is 0 Å². The number of hydrogen-bond donors (Lipinski definition) is 1. The van der Waals surface area contributed by atoms with Crippen LogP contribution in [0.15, 0.2) is 36.5 Å². The van der Waals surface area contributed by atoms with Crippen molar-refractivity contribution in [2.45, 2.75) is 19.4 Å². The second kappa shape index (κ2) is 8.41. The number of nitrogens with one attached hydrogen (secondary N) is 1. The fourth-order valence-electron chi connectivity index (χ4n) is 4.36. The summed E-state index contributed by atoms with van der Waals surface area (Å²) >= 11 is 0. The van der Waals surface area contributed by atoms with Gasteiger partial charge in [0.15, 0.2) is 5.82 Å². The molecular formula is C23H19F2N5O4. The van der Waals surface area contributed by atoms with Crippen molar-refractivity contribution in [2.75, 3.05) is 19.6 Å². The summed E-state index contributed by atoms with van der Waals surface area (Å²) in [5, 5.41) is 3.82. The number of amides is 5. The largest absolute Gasteiger partial charge is 0.343 e. The van der Waals surface area contributed by atoms with Gasteiger partial charge in [0.2, 0.25) is 11.9 Å². The zero-order valence-corrected chi connectivity index (χ0v) is 17.9. The Morgan fingerprint density at radius 1 is 0.941 bits per heavy atom. The number of imide groups is 2. The molecule has 9 nitrogen and oxygen atoms in total. The van der Waals surface area contributed by atoms with Crippen LogP contribution in [-0.4, -0.2) is 63.3 Å². The van der Waals surface area contributed by atoms with E-state index in [0.717, 1.165) is 15.6 Å². The van der Waals surface area contributed by atoms with Gasteiger partial charge in [-0.3, -0.25) is 24.6 Å². The van der Waals surface area contributed by atoms with Crippen molar-refractivity contribution in [1.82, 2.24) is 25.2 Å². The van der Waals surface area contributed by atoms with Crippen LogP contribution in [0.2, 0.25) is 0 Å². The maximum absolute atomic E-state index is 14.0. The summed E-state index contributed by atoms with van der Waals surface area (Å²) in [5.74, 6) is -3.78. The SMILES string of the molecule is O=C1CCN(N2C(=O)c3ccc(CN4CC=C(c5ccnc(F)c5F)CC4)cc3C2=O)C(=O)N1. The van der Waals surface area contributed by atoms with E-state index in [1.54, 1.807) is 18.2 Å². The number of carbonyl (C=O) groups is 4. The van der Waals surface area contributed by atoms with Gasteiger partial charge in [0.05, 0.1) is 17.7 Å². The van der Waals surface area contributed by atoms with E-state index in [0.29, 0.717) is 31.6 Å². The van der Waals surface area contributed by atoms with Crippen molar-refractivity contribution >= 4 is 29.3 Å². The highest BCUT2D eigenvalue weighted by molar-refractivity contribution is 6.22. The van der Waals surface area contributed by atoms with E-state index in [1.807, 2.05) is 6.08 Å². The predicted octanol–water partition coefficient (Wildman–Crippen LogP) is 2.10. The molecule has 5 amide bonds. The quantitative estimate of drug-likeness (QED) is 0.546. The molecule has 0 atom stereocenters. The van der Waals surface area contributed by atoms with E-state index >= 15 is 0 Å². The molecule has 34 heavy (non-hydrogen) atoms. The van der Waals surface area contributed by atoms with Gasteiger partial charge in [-0.2, -0.15) is 9.40 Å². The molecule has 3 aliphatic heterocycles. The van der Waals surface area contributed by atoms with Crippen LogP contribution in [0.3, 0.4) is 0 Å². The summed E-state index contributed by atoms with van der Waals surface area (Å²) < 4.78 is 27.5. The second-order valence-electron chi connectivity index (χ2n) is 8.21. The van der Waals surface area contributed by atoms with Gasteiger partial charge in [-0.1, -0.05) is 12.1 Å². The molecule has 1 aromatic carbocycles. The van der Waals surface area contributed by atoms with Gasteiger partial charge in [0.25, 0.3) is 11.8 Å². The summed E-state index contributed by atoms with van der Waals surface area (Å²) in [6.45, 7) is 1.50. The molecule has 174 valence electrons. The fraction of sp³-hybridized carbons (Fsp3) is 0.261. The Kier molecular flexibility index (Phi) is 5.40. The molecule has 1 N–H and O–H groups in total. The lowest BCUT2D eigenvalue weighted by atomic mass is 9.99. The molecule has 5 rings (SSSR count). The number of carbonyl (C=O) groups excluding carboxylic acids is 4. The molecule has 0 saturated carbocycles. The lowest BCUT2D eigenvalue weighted by Crippen LogP contribution is -2.58. The predicted molar refractivity (Wildman–Crippen MR) is 114 cm³/mol. The molecule has 0 radical (unpaired) electrons. The Morgan fingerprint density at radius 3 is 2.47 bits per heavy atom. The van der Waals surface area contributed by atoms with Crippen LogP contribution < -0.4 is 5.32 Å². The standard InChI is InChI=1S/C23H19F2N5O4/c24-19-15(3-7-26-20(19)25)14-4-8-28(9-5-14)12-13-1-2-16-17(11-13)22(33)30(21(16)32)29-10-6-18(31)27-23(29)34/h1-4,7,11H,5-6,8-10,12H2,(H,27,31,34). The number of fused-ring (bicyclic) bond motifs is 1. The summed E-state index contributed by atoms with van der Waals surface area (Å²) in [4.78, 5) is 54.6. The summed E-state index contributed by atoms with van der Waals surface area (Å²) in [7, 11) is 0. The molecule has 1 fully saturated rings. The first-order valence-corrected chi connectivity index (χ1v) is 10.7. The minimum Gasteiger partial charge on any atom is -0.295 e. The van der Waals surface area contributed by atoms with E-state index < -0.39 is 35.5 Å². The van der Waals surface area contributed by atoms with Crippen molar-refractivity contribution in [3.05, 3.63) is 70.6 Å². The maximum atomic E-state index is 14.0. The molecule has 3 aliphatic rings. The van der Waals surface area contributed by atoms with E-state index in [9.17, 15) is 28.0 Å². The second-order valence-corrected chi connectivity index (χ2v) is 8.21. The zero-order chi connectivity index (χ0) is 24.0. The fourth-order valence-corrected chi connectivity index (χ4v) is 4.36. The summed E-state index contributed by atoms with van der Waals surface area (Å²) in [6, 6.07) is 5.56. The highest BCUT2D eigenvalue weighted by atomic mass is 19.2. The number of rotatable bonds is 4. The minimum absolute atomic E-state index is 0.00903. The number of urea groups is 1. The lowest BCUT2D eigenvalue weighted by Gasteiger charge is -2.32. The number of nitrogens with zero attached hydrogens (tertiary/aromatic N) is 4. The van der Waals surface area contributed by atoms with Crippen LogP contribution in [0.4, 0.5) is 13.6 Å². The Bertz CT molecular complexity index is 1280. The van der Waals surface area contributed by atoms with Gasteiger partial charge >= 0.3 is 6.03 Å². The first kappa shape index (κ1) is 21.8. The van der Waals surface area contributed by atoms with Crippen molar-refractivity contribution in [2.24, 2.45) is 0 Å². The van der Waals surface area contributed by atoms with Crippen molar-refractivity contribution in [3.63, 3.8) is 0 Å². The van der Waals surface area contributed by atoms with Gasteiger partial charge in [0, 0.05) is 37.8 Å². The monoisotopic (exact) mass is 467 g/mol. The van der Waals surface area contributed by atoms with E-state index in [4.69, 9.17) is 0 Å². The van der Waals surface area contributed by atoms with Crippen LogP contribution in [0.1, 0.15) is 44.7 Å². The Labute approximate surface area is 192 Å². The molecule has 11 heteroatoms. The highest BCUT2D eigenvalue weighted by Gasteiger charge is 2.43. The topological polar surface area (TPSA) is 103 Å². The van der Waals surface area contributed by atoms with Crippen molar-refractivity contribution < 1.29 is 28.0 Å². The van der Waals surface area contributed by atoms with E-state index in [1.165, 1.54) is 12.3 Å². The summed E-state index contributed by atoms with van der Waals surface area (Å²) in [6.07, 6.45) is 3.57. The van der Waals surface area contributed by atoms with Crippen LogP contribution in [0.25, 0.3) is 5.57 Å². The Hall–Kier alpha value is -3.99. The molecule has 2 aromatic rings. The van der Waals surface area contributed by atoms with Crippen LogP contribution in [0.5, 0.6) is 0 Å². The van der Waals surface area contributed by atoms with Crippen molar-refractivity contribution in [1.29, 1.82) is 0 Å². The highest BCUT2D eigenvalue weighted by Crippen LogP contribution is 2.29. The number of hydrazine groups is 1. The number of aromatic nitrogens is 1. The third-order valence-corrected chi connectivity index (χ3v) is 6.09. The number of pyridine rings is 1. The van der Waals surface area contributed by atoms with Gasteiger partial charge in [-0.25, -0.2) is 19.2 Å². The van der Waals surface area contributed by atoms with E-state index in [2.05, 4.69) is 15.2 Å². The zero-order valence-electron chi connectivity index (χ0n) is 17.9. The van der Waals surface area contributed by atoms with Crippen LogP contribution in [-0.2, 0) is 11.3 Å². The molecule has 1 aromatic heterocycles. The number of benzene rings is 1. The first-order chi connectivity index (χ1) is 16.3. The molecule has 0 bridgehead atoms. The van der Waals surface area contributed by atoms with Gasteiger partial charge in [0.1, 0.15) is 0 Å². The average Bonchev–Trinajstić information content (AvgIpc) is 3.06. The average molecular weight is 467 g/mol. The van der Waals surface area contributed by atoms with Gasteiger partial charge in [-0.05, 0) is 35.8 Å². The van der Waals surface area contributed by atoms with E-state index in [-0.39, 0.29) is 29.7 Å². The van der Waals surface area contributed by atoms with Gasteiger partial charge in [-0.15, -0.1) is 0 Å². The molecule has 4 heterocycles. The van der Waals surface area contributed by atoms with Gasteiger partial charge < -0.3 is 0 Å². The maximum Gasteiger partial charge on any atom is 0.343 e. The third kappa shape index (κ3) is 3.73. The van der Waals surface area contributed by atoms with Crippen LogP contribution in [0, 0.1) is 11.8 Å².